The Kier molecular flexibility index (Phi) is 4.41. The number of nitrogens with zero attached hydrogens (tertiary/aromatic N) is 3. The van der Waals surface area contributed by atoms with Crippen molar-refractivity contribution in [3.63, 3.8) is 0 Å². The molecule has 0 bridgehead atoms. The Balaban J connectivity index is 2.14. The molecule has 0 spiro atoms. The third-order valence-corrected chi connectivity index (χ3v) is 3.47. The number of alkyl halides is 3. The van der Waals surface area contributed by atoms with E-state index in [9.17, 15) is 23.1 Å². The van der Waals surface area contributed by atoms with Gasteiger partial charge in [0.05, 0.1) is 17.6 Å². The van der Waals surface area contributed by atoms with Gasteiger partial charge in [0.1, 0.15) is 5.75 Å². The zero-order valence-corrected chi connectivity index (χ0v) is 13.4. The Hall–Kier alpha value is -3.30. The molecule has 0 saturated heterocycles. The highest BCUT2D eigenvalue weighted by Gasteiger charge is 2.30. The molecule has 2 heterocycles. The number of benzene rings is 1. The van der Waals surface area contributed by atoms with Gasteiger partial charge in [0.15, 0.2) is 6.61 Å². The zero-order valence-electron chi connectivity index (χ0n) is 13.4. The first kappa shape index (κ1) is 17.5. The largest absolute Gasteiger partial charge is 0.508 e. The van der Waals surface area contributed by atoms with Gasteiger partial charge < -0.3 is 9.84 Å². The Morgan fingerprint density at radius 1 is 1.27 bits per heavy atom. The molecule has 0 aliphatic rings. The molecule has 136 valence electrons. The van der Waals surface area contributed by atoms with E-state index in [1.165, 1.54) is 36.5 Å². The number of H-pyrrole nitrogens is 1. The summed E-state index contributed by atoms with van der Waals surface area (Å²) in [6.45, 7) is 0.0805. The lowest BCUT2D eigenvalue weighted by molar-refractivity contribution is -0.155. The Bertz CT molecular complexity index is 978. The molecule has 0 fully saturated rings. The number of nitrogens with one attached hydrogen (secondary N) is 1. The lowest BCUT2D eigenvalue weighted by Crippen LogP contribution is -2.26. The van der Waals surface area contributed by atoms with Crippen molar-refractivity contribution in [1.29, 1.82) is 0 Å². The van der Waals surface area contributed by atoms with E-state index in [0.29, 0.717) is 11.3 Å². The third-order valence-electron chi connectivity index (χ3n) is 3.47. The summed E-state index contributed by atoms with van der Waals surface area (Å²) in [5.41, 5.74) is 0.762. The molecule has 0 aliphatic heterocycles. The average molecular weight is 366 g/mol. The van der Waals surface area contributed by atoms with Gasteiger partial charge in [-0.2, -0.15) is 23.3 Å². The van der Waals surface area contributed by atoms with E-state index in [1.807, 2.05) is 0 Å². The molecule has 0 saturated carbocycles. The van der Waals surface area contributed by atoms with Crippen molar-refractivity contribution in [2.45, 2.75) is 13.1 Å². The van der Waals surface area contributed by atoms with Crippen LogP contribution in [0.1, 0.15) is 5.69 Å². The maximum absolute atomic E-state index is 12.6. The molecule has 3 aromatic rings. The van der Waals surface area contributed by atoms with Gasteiger partial charge in [-0.05, 0) is 31.2 Å². The summed E-state index contributed by atoms with van der Waals surface area (Å²) < 4.78 is 43.4. The number of hydrogen-bond acceptors (Lipinski definition) is 5. The highest BCUT2D eigenvalue weighted by molar-refractivity contribution is 5.61. The second-order valence-corrected chi connectivity index (χ2v) is 5.43. The van der Waals surface area contributed by atoms with Crippen LogP contribution in [0.25, 0.3) is 16.9 Å². The molecule has 0 amide bonds. The molecule has 0 radical (unpaired) electrons. The summed E-state index contributed by atoms with van der Waals surface area (Å²) in [5, 5.41) is 15.8. The first-order valence-corrected chi connectivity index (χ1v) is 7.38. The number of phenols is 1. The van der Waals surface area contributed by atoms with Crippen LogP contribution in [0.15, 0.2) is 41.3 Å². The number of halogens is 3. The van der Waals surface area contributed by atoms with Gasteiger partial charge in [-0.15, -0.1) is 0 Å². The Morgan fingerprint density at radius 2 is 1.96 bits per heavy atom. The van der Waals surface area contributed by atoms with Crippen LogP contribution in [0.2, 0.25) is 0 Å². The van der Waals surface area contributed by atoms with Crippen LogP contribution in [0.4, 0.5) is 13.2 Å². The van der Waals surface area contributed by atoms with Crippen molar-refractivity contribution in [2.75, 3.05) is 6.61 Å². The number of rotatable bonds is 4. The number of aryl methyl sites for hydroxylation is 1. The van der Waals surface area contributed by atoms with Gasteiger partial charge in [-0.3, -0.25) is 9.89 Å². The minimum Gasteiger partial charge on any atom is -0.508 e. The van der Waals surface area contributed by atoms with Crippen LogP contribution in [0.3, 0.4) is 0 Å². The molecular formula is C16H13F3N4O3. The molecule has 26 heavy (non-hydrogen) atoms. The fraction of sp³-hybridized carbons (Fsp3) is 0.188. The number of aromatic nitrogens is 4. The molecule has 10 heteroatoms. The predicted molar refractivity (Wildman–Crippen MR) is 85.4 cm³/mol. The maximum Gasteiger partial charge on any atom is 0.422 e. The number of phenolic OH excluding ortho intramolecular Hbond substituents is 1. The number of aromatic amines is 1. The van der Waals surface area contributed by atoms with E-state index >= 15 is 0 Å². The number of aromatic hydroxyl groups is 1. The third kappa shape index (κ3) is 3.68. The monoisotopic (exact) mass is 366 g/mol. The van der Waals surface area contributed by atoms with E-state index in [-0.39, 0.29) is 17.1 Å². The van der Waals surface area contributed by atoms with Crippen LogP contribution in [-0.4, -0.2) is 37.6 Å². The summed E-state index contributed by atoms with van der Waals surface area (Å²) >= 11 is 0. The van der Waals surface area contributed by atoms with Crippen molar-refractivity contribution < 1.29 is 23.0 Å². The van der Waals surface area contributed by atoms with Crippen molar-refractivity contribution in [3.8, 4) is 28.7 Å². The minimum absolute atomic E-state index is 0.0573. The van der Waals surface area contributed by atoms with Gasteiger partial charge >= 0.3 is 12.2 Å². The van der Waals surface area contributed by atoms with E-state index in [4.69, 9.17) is 4.74 Å². The maximum atomic E-state index is 12.6. The normalized spacial score (nSPS) is 11.5. The van der Waals surface area contributed by atoms with Gasteiger partial charge in [-0.25, -0.2) is 4.57 Å². The number of hydrogen-bond donors (Lipinski definition) is 2. The summed E-state index contributed by atoms with van der Waals surface area (Å²) in [6.07, 6.45) is -3.19. The molecule has 0 unspecified atom stereocenters. The van der Waals surface area contributed by atoms with E-state index in [1.54, 1.807) is 6.92 Å². The second-order valence-electron chi connectivity index (χ2n) is 5.43. The summed E-state index contributed by atoms with van der Waals surface area (Å²) in [4.78, 5) is 16.6. The van der Waals surface area contributed by atoms with Gasteiger partial charge in [0, 0.05) is 17.3 Å². The van der Waals surface area contributed by atoms with Gasteiger partial charge in [-0.1, -0.05) is 0 Å². The lowest BCUT2D eigenvalue weighted by atomic mass is 10.2. The molecule has 0 aliphatic carbocycles. The highest BCUT2D eigenvalue weighted by Crippen LogP contribution is 2.24. The smallest absolute Gasteiger partial charge is 0.422 e. The van der Waals surface area contributed by atoms with Crippen molar-refractivity contribution >= 4 is 0 Å². The Labute approximate surface area is 144 Å². The van der Waals surface area contributed by atoms with E-state index in [0.717, 1.165) is 4.57 Å². The summed E-state index contributed by atoms with van der Waals surface area (Å²) in [7, 11) is 0. The molecule has 2 N–H and O–H groups in total. The highest BCUT2D eigenvalue weighted by atomic mass is 19.4. The van der Waals surface area contributed by atoms with E-state index < -0.39 is 24.4 Å². The van der Waals surface area contributed by atoms with Crippen LogP contribution >= 0.6 is 0 Å². The molecule has 1 aromatic carbocycles. The fourth-order valence-electron chi connectivity index (χ4n) is 2.29. The van der Waals surface area contributed by atoms with Crippen molar-refractivity contribution in [1.82, 2.24) is 19.7 Å². The SMILES string of the molecule is Cc1[nH]ncc1-c1cc(=O)n(-c2ccc(O)cc2)c(OCC(F)(F)F)n1. The van der Waals surface area contributed by atoms with Gasteiger partial charge in [0.2, 0.25) is 0 Å². The Morgan fingerprint density at radius 3 is 2.54 bits per heavy atom. The molecule has 3 rings (SSSR count). The van der Waals surface area contributed by atoms with Crippen molar-refractivity contribution in [2.24, 2.45) is 0 Å². The first-order valence-electron chi connectivity index (χ1n) is 7.38. The van der Waals surface area contributed by atoms with E-state index in [2.05, 4.69) is 15.2 Å². The second kappa shape index (κ2) is 6.54. The van der Waals surface area contributed by atoms with Crippen LogP contribution in [0.5, 0.6) is 11.8 Å². The van der Waals surface area contributed by atoms with Crippen LogP contribution in [0, 0.1) is 6.92 Å². The van der Waals surface area contributed by atoms with Gasteiger partial charge in [0.25, 0.3) is 5.56 Å². The fourth-order valence-corrected chi connectivity index (χ4v) is 2.29. The van der Waals surface area contributed by atoms with Crippen LogP contribution < -0.4 is 10.3 Å². The standard InChI is InChI=1S/C16H13F3N4O3/c1-9-12(7-20-22-9)13-6-14(25)23(10-2-4-11(24)5-3-10)15(21-13)26-8-16(17,18)19/h2-7,24H,8H2,1H3,(H,20,22). The topological polar surface area (TPSA) is 93.0 Å². The molecule has 0 atom stereocenters. The summed E-state index contributed by atoms with van der Waals surface area (Å²) in [5.74, 6) is -0.0573. The zero-order chi connectivity index (χ0) is 18.9. The average Bonchev–Trinajstić information content (AvgIpc) is 2.99. The summed E-state index contributed by atoms with van der Waals surface area (Å²) in [6, 6.07) is 5.97. The first-order chi connectivity index (χ1) is 12.2. The molecule has 7 nitrogen and oxygen atoms in total. The molecule has 2 aromatic heterocycles. The quantitative estimate of drug-likeness (QED) is 0.740. The predicted octanol–water partition coefficient (Wildman–Crippen LogP) is 2.58. The minimum atomic E-state index is -4.60. The number of ether oxygens (including phenoxy) is 1. The molecular weight excluding hydrogens is 353 g/mol. The van der Waals surface area contributed by atoms with Crippen LogP contribution in [-0.2, 0) is 0 Å². The lowest BCUT2D eigenvalue weighted by Gasteiger charge is -2.15. The van der Waals surface area contributed by atoms with Crippen molar-refractivity contribution in [3.05, 3.63) is 52.6 Å².